The van der Waals surface area contributed by atoms with E-state index in [1.807, 2.05) is 24.5 Å². The molecule has 2 aromatic heterocycles. The van der Waals surface area contributed by atoms with Gasteiger partial charge in [-0.15, -0.1) is 11.3 Å². The molecule has 0 amide bonds. The lowest BCUT2D eigenvalue weighted by molar-refractivity contribution is 0.596. The lowest BCUT2D eigenvalue weighted by atomic mass is 10.0. The van der Waals surface area contributed by atoms with Gasteiger partial charge in [-0.3, -0.25) is 4.98 Å². The molecule has 2 nitrogen and oxygen atoms in total. The number of aromatic nitrogens is 1. The highest BCUT2D eigenvalue weighted by Crippen LogP contribution is 2.27. The second-order valence-electron chi connectivity index (χ2n) is 4.16. The summed E-state index contributed by atoms with van der Waals surface area (Å²) in [6.07, 6.45) is 5.56. The maximum atomic E-state index is 6.20. The van der Waals surface area contributed by atoms with Crippen LogP contribution in [0.15, 0.2) is 30.6 Å². The average Bonchev–Trinajstić information content (AvgIpc) is 2.85. The number of nitrogens with one attached hydrogen (secondary N) is 1. The molecule has 1 atom stereocenters. The van der Waals surface area contributed by atoms with Crippen molar-refractivity contribution < 1.29 is 0 Å². The van der Waals surface area contributed by atoms with Crippen molar-refractivity contribution in [2.24, 2.45) is 0 Å². The maximum Gasteiger partial charge on any atom is 0.0637 e. The van der Waals surface area contributed by atoms with Crippen LogP contribution in [0.5, 0.6) is 0 Å². The normalized spacial score (nSPS) is 12.6. The zero-order valence-electron chi connectivity index (χ0n) is 10.6. The van der Waals surface area contributed by atoms with E-state index in [2.05, 4.69) is 29.4 Å². The van der Waals surface area contributed by atoms with Gasteiger partial charge in [-0.1, -0.05) is 18.5 Å². The number of hydrogen-bond acceptors (Lipinski definition) is 3. The first-order valence-electron chi connectivity index (χ1n) is 6.08. The van der Waals surface area contributed by atoms with E-state index in [0.717, 1.165) is 23.4 Å². The van der Waals surface area contributed by atoms with E-state index in [4.69, 9.17) is 11.6 Å². The molecular formula is C14H17ClN2S. The number of likely N-dealkylation sites (N-methyl/N-ethyl adjacent to an activating group) is 1. The summed E-state index contributed by atoms with van der Waals surface area (Å²) in [5.41, 5.74) is 1.11. The second kappa shape index (κ2) is 6.32. The number of thiophene rings is 1. The summed E-state index contributed by atoms with van der Waals surface area (Å²) in [4.78, 5) is 6.85. The molecule has 0 spiro atoms. The summed E-state index contributed by atoms with van der Waals surface area (Å²) in [5, 5.41) is 4.06. The molecule has 2 heterocycles. The fourth-order valence-corrected chi connectivity index (χ4v) is 3.21. The van der Waals surface area contributed by atoms with Crippen molar-refractivity contribution in [2.75, 3.05) is 7.05 Å². The Morgan fingerprint density at radius 3 is 2.72 bits per heavy atom. The summed E-state index contributed by atoms with van der Waals surface area (Å²) in [6.45, 7) is 2.19. The first kappa shape index (κ1) is 13.5. The SMILES string of the molecule is CCc1ccc(CC(NC)c2ccncc2Cl)s1. The molecule has 0 saturated carbocycles. The number of aryl methyl sites for hydroxylation is 1. The first-order chi connectivity index (χ1) is 8.74. The molecule has 0 aliphatic carbocycles. The van der Waals surface area contributed by atoms with E-state index in [1.165, 1.54) is 9.75 Å². The third-order valence-corrected chi connectivity index (χ3v) is 4.57. The summed E-state index contributed by atoms with van der Waals surface area (Å²) in [7, 11) is 1.97. The van der Waals surface area contributed by atoms with Crippen LogP contribution in [0.25, 0.3) is 0 Å². The summed E-state index contributed by atoms with van der Waals surface area (Å²) in [6, 6.07) is 6.64. The third-order valence-electron chi connectivity index (χ3n) is 3.00. The number of halogens is 1. The van der Waals surface area contributed by atoms with Gasteiger partial charge in [0.25, 0.3) is 0 Å². The van der Waals surface area contributed by atoms with Crippen LogP contribution >= 0.6 is 22.9 Å². The summed E-state index contributed by atoms with van der Waals surface area (Å²) in [5.74, 6) is 0. The minimum Gasteiger partial charge on any atom is -0.313 e. The van der Waals surface area contributed by atoms with Crippen LogP contribution in [0.1, 0.15) is 28.3 Å². The molecule has 0 aliphatic heterocycles. The molecule has 0 fully saturated rings. The average molecular weight is 281 g/mol. The molecular weight excluding hydrogens is 264 g/mol. The van der Waals surface area contributed by atoms with Crippen molar-refractivity contribution >= 4 is 22.9 Å². The zero-order valence-corrected chi connectivity index (χ0v) is 12.2. The van der Waals surface area contributed by atoms with Gasteiger partial charge in [-0.2, -0.15) is 0 Å². The van der Waals surface area contributed by atoms with Gasteiger partial charge >= 0.3 is 0 Å². The molecule has 18 heavy (non-hydrogen) atoms. The molecule has 4 heteroatoms. The first-order valence-corrected chi connectivity index (χ1v) is 7.28. The Hall–Kier alpha value is -0.900. The smallest absolute Gasteiger partial charge is 0.0637 e. The Bertz CT molecular complexity index is 510. The van der Waals surface area contributed by atoms with Gasteiger partial charge in [-0.05, 0) is 37.2 Å². The predicted octanol–water partition coefficient (Wildman–Crippen LogP) is 3.86. The molecule has 0 aromatic carbocycles. The molecule has 1 unspecified atom stereocenters. The molecule has 2 aromatic rings. The highest BCUT2D eigenvalue weighted by atomic mass is 35.5. The fourth-order valence-electron chi connectivity index (χ4n) is 1.96. The standard InChI is InChI=1S/C14H17ClN2S/c1-3-10-4-5-11(18-10)8-14(16-2)12-6-7-17-9-13(12)15/h4-7,9,14,16H,3,8H2,1-2H3. The van der Waals surface area contributed by atoms with Crippen molar-refractivity contribution in [3.05, 3.63) is 50.9 Å². The van der Waals surface area contributed by atoms with Crippen molar-refractivity contribution in [3.63, 3.8) is 0 Å². The predicted molar refractivity (Wildman–Crippen MR) is 78.4 cm³/mol. The van der Waals surface area contributed by atoms with E-state index in [-0.39, 0.29) is 6.04 Å². The highest BCUT2D eigenvalue weighted by molar-refractivity contribution is 7.11. The summed E-state index contributed by atoms with van der Waals surface area (Å²) < 4.78 is 0. The van der Waals surface area contributed by atoms with Crippen molar-refractivity contribution in [2.45, 2.75) is 25.8 Å². The molecule has 0 radical (unpaired) electrons. The molecule has 2 rings (SSSR count). The molecule has 0 aliphatic rings. The van der Waals surface area contributed by atoms with Crippen LogP contribution < -0.4 is 5.32 Å². The number of pyridine rings is 1. The lowest BCUT2D eigenvalue weighted by Crippen LogP contribution is -2.18. The monoisotopic (exact) mass is 280 g/mol. The van der Waals surface area contributed by atoms with Crippen molar-refractivity contribution in [1.29, 1.82) is 0 Å². The fraction of sp³-hybridized carbons (Fsp3) is 0.357. The Labute approximate surface area is 117 Å². The van der Waals surface area contributed by atoms with Crippen molar-refractivity contribution in [1.82, 2.24) is 10.3 Å². The van der Waals surface area contributed by atoms with E-state index in [0.29, 0.717) is 0 Å². The molecule has 96 valence electrons. The van der Waals surface area contributed by atoms with E-state index in [9.17, 15) is 0 Å². The van der Waals surface area contributed by atoms with Crippen LogP contribution in [0, 0.1) is 0 Å². The molecule has 0 saturated heterocycles. The van der Waals surface area contributed by atoms with Crippen LogP contribution in [0.3, 0.4) is 0 Å². The highest BCUT2D eigenvalue weighted by Gasteiger charge is 2.14. The van der Waals surface area contributed by atoms with Crippen LogP contribution in [0.2, 0.25) is 5.02 Å². The van der Waals surface area contributed by atoms with E-state index >= 15 is 0 Å². The van der Waals surface area contributed by atoms with Gasteiger partial charge in [0.05, 0.1) is 5.02 Å². The van der Waals surface area contributed by atoms with Crippen LogP contribution in [-0.4, -0.2) is 12.0 Å². The minimum atomic E-state index is 0.240. The number of rotatable bonds is 5. The minimum absolute atomic E-state index is 0.240. The van der Waals surface area contributed by atoms with Gasteiger partial charge in [-0.25, -0.2) is 0 Å². The Balaban J connectivity index is 2.17. The van der Waals surface area contributed by atoms with Crippen molar-refractivity contribution in [3.8, 4) is 0 Å². The third kappa shape index (κ3) is 3.10. The largest absolute Gasteiger partial charge is 0.313 e. The number of nitrogens with zero attached hydrogens (tertiary/aromatic N) is 1. The second-order valence-corrected chi connectivity index (χ2v) is 5.82. The zero-order chi connectivity index (χ0) is 13.0. The molecule has 1 N–H and O–H groups in total. The van der Waals surface area contributed by atoms with Gasteiger partial charge in [0, 0.05) is 34.6 Å². The Kier molecular flexibility index (Phi) is 4.75. The lowest BCUT2D eigenvalue weighted by Gasteiger charge is -2.16. The van der Waals surface area contributed by atoms with Gasteiger partial charge in [0.15, 0.2) is 0 Å². The summed E-state index contributed by atoms with van der Waals surface area (Å²) >= 11 is 8.08. The quantitative estimate of drug-likeness (QED) is 0.899. The van der Waals surface area contributed by atoms with Gasteiger partial charge < -0.3 is 5.32 Å². The topological polar surface area (TPSA) is 24.9 Å². The Morgan fingerprint density at radius 1 is 1.33 bits per heavy atom. The maximum absolute atomic E-state index is 6.20. The molecule has 0 bridgehead atoms. The van der Waals surface area contributed by atoms with Crippen LogP contribution in [0.4, 0.5) is 0 Å². The van der Waals surface area contributed by atoms with Gasteiger partial charge in [0.1, 0.15) is 0 Å². The van der Waals surface area contributed by atoms with E-state index < -0.39 is 0 Å². The number of hydrogen-bond donors (Lipinski definition) is 1. The van der Waals surface area contributed by atoms with Crippen LogP contribution in [-0.2, 0) is 12.8 Å². The van der Waals surface area contributed by atoms with Gasteiger partial charge in [0.2, 0.25) is 0 Å². The Morgan fingerprint density at radius 2 is 2.11 bits per heavy atom. The van der Waals surface area contributed by atoms with E-state index in [1.54, 1.807) is 12.4 Å².